The molecule has 0 aliphatic heterocycles. The molecule has 3 aromatic carbocycles. The van der Waals surface area contributed by atoms with E-state index in [0.29, 0.717) is 27.7 Å². The van der Waals surface area contributed by atoms with Gasteiger partial charge in [-0.25, -0.2) is 4.79 Å². The fraction of sp³-hybridized carbons (Fsp3) is 0.0833. The van der Waals surface area contributed by atoms with Crippen molar-refractivity contribution >= 4 is 29.2 Å². The van der Waals surface area contributed by atoms with Gasteiger partial charge in [0.25, 0.3) is 0 Å². The zero-order valence-corrected chi connectivity index (χ0v) is 16.5. The van der Waals surface area contributed by atoms with Crippen molar-refractivity contribution in [2.75, 3.05) is 6.61 Å². The fourth-order valence-electron chi connectivity index (χ4n) is 2.61. The number of halogens is 1. The Kier molecular flexibility index (Phi) is 6.67. The van der Waals surface area contributed by atoms with E-state index >= 15 is 0 Å². The van der Waals surface area contributed by atoms with Gasteiger partial charge in [0.1, 0.15) is 11.5 Å². The molecule has 0 atom stereocenters. The van der Waals surface area contributed by atoms with Crippen molar-refractivity contribution < 1.29 is 14.3 Å². The van der Waals surface area contributed by atoms with Gasteiger partial charge in [0.05, 0.1) is 11.6 Å². The van der Waals surface area contributed by atoms with E-state index in [9.17, 15) is 10.1 Å². The first-order chi connectivity index (χ1) is 14.0. The van der Waals surface area contributed by atoms with Crippen LogP contribution in [0.1, 0.15) is 16.7 Å². The predicted octanol–water partition coefficient (Wildman–Crippen LogP) is 5.70. The molecule has 0 unspecified atom stereocenters. The second kappa shape index (κ2) is 9.59. The van der Waals surface area contributed by atoms with Crippen LogP contribution in [-0.4, -0.2) is 12.6 Å². The highest BCUT2D eigenvalue weighted by molar-refractivity contribution is 6.30. The van der Waals surface area contributed by atoms with Crippen LogP contribution in [0, 0.1) is 18.3 Å². The number of allylic oxidation sites excluding steroid dienone is 1. The van der Waals surface area contributed by atoms with Crippen molar-refractivity contribution in [3.05, 3.63) is 94.5 Å². The van der Waals surface area contributed by atoms with Gasteiger partial charge in [0.15, 0.2) is 6.61 Å². The van der Waals surface area contributed by atoms with E-state index in [0.717, 1.165) is 11.1 Å². The summed E-state index contributed by atoms with van der Waals surface area (Å²) >= 11 is 6.01. The lowest BCUT2D eigenvalue weighted by atomic mass is 10.0. The van der Waals surface area contributed by atoms with Crippen molar-refractivity contribution in [1.82, 2.24) is 0 Å². The monoisotopic (exact) mass is 403 g/mol. The third-order valence-corrected chi connectivity index (χ3v) is 4.27. The molecule has 0 bridgehead atoms. The first-order valence-electron chi connectivity index (χ1n) is 8.91. The lowest BCUT2D eigenvalue weighted by Gasteiger charge is -2.08. The average molecular weight is 404 g/mol. The Balaban J connectivity index is 1.67. The molecule has 0 spiro atoms. The number of nitrogens with zero attached hydrogens (tertiary/aromatic N) is 1. The van der Waals surface area contributed by atoms with E-state index < -0.39 is 5.97 Å². The SMILES string of the molecule is Cc1ccc(OCC(=O)Oc2cccc(/C=C(/C#N)c3cccc(Cl)c3)c2)cc1. The summed E-state index contributed by atoms with van der Waals surface area (Å²) in [7, 11) is 0. The highest BCUT2D eigenvalue weighted by Gasteiger charge is 2.08. The molecule has 3 aromatic rings. The molecular formula is C24H18ClNO3. The molecule has 0 aliphatic rings. The maximum atomic E-state index is 12.1. The van der Waals surface area contributed by atoms with Crippen LogP contribution in [0.15, 0.2) is 72.8 Å². The van der Waals surface area contributed by atoms with Crippen LogP contribution in [0.5, 0.6) is 11.5 Å². The van der Waals surface area contributed by atoms with E-state index in [-0.39, 0.29) is 6.61 Å². The first-order valence-corrected chi connectivity index (χ1v) is 9.29. The molecular weight excluding hydrogens is 386 g/mol. The molecule has 29 heavy (non-hydrogen) atoms. The Bertz CT molecular complexity index is 1080. The lowest BCUT2D eigenvalue weighted by molar-refractivity contribution is -0.136. The van der Waals surface area contributed by atoms with Crippen LogP contribution in [-0.2, 0) is 4.79 Å². The molecule has 0 aromatic heterocycles. The van der Waals surface area contributed by atoms with Gasteiger partial charge in [-0.15, -0.1) is 0 Å². The molecule has 0 aliphatic carbocycles. The zero-order chi connectivity index (χ0) is 20.6. The Morgan fingerprint density at radius 1 is 1.03 bits per heavy atom. The van der Waals surface area contributed by atoms with Crippen LogP contribution in [0.2, 0.25) is 5.02 Å². The summed E-state index contributed by atoms with van der Waals surface area (Å²) in [5.74, 6) is 0.464. The molecule has 144 valence electrons. The summed E-state index contributed by atoms with van der Waals surface area (Å²) in [6, 6.07) is 23.6. The highest BCUT2D eigenvalue weighted by Crippen LogP contribution is 2.23. The Labute approximate surface area is 174 Å². The van der Waals surface area contributed by atoms with Crippen molar-refractivity contribution in [3.8, 4) is 17.6 Å². The molecule has 0 radical (unpaired) electrons. The van der Waals surface area contributed by atoms with Gasteiger partial charge >= 0.3 is 5.97 Å². The van der Waals surface area contributed by atoms with Crippen LogP contribution >= 0.6 is 11.6 Å². The number of hydrogen-bond acceptors (Lipinski definition) is 4. The number of benzene rings is 3. The summed E-state index contributed by atoms with van der Waals surface area (Å²) in [6.07, 6.45) is 1.71. The van der Waals surface area contributed by atoms with E-state index in [1.807, 2.05) is 31.2 Å². The standard InChI is InChI=1S/C24H18ClNO3/c1-17-8-10-22(11-9-17)28-16-24(27)29-23-7-2-4-18(13-23)12-20(15-26)19-5-3-6-21(25)14-19/h2-14H,16H2,1H3/b20-12-. The van der Waals surface area contributed by atoms with E-state index in [1.54, 1.807) is 54.6 Å². The van der Waals surface area contributed by atoms with Gasteiger partial charge in [-0.05, 0) is 60.5 Å². The number of esters is 1. The molecule has 0 N–H and O–H groups in total. The summed E-state index contributed by atoms with van der Waals surface area (Å²) in [6.45, 7) is 1.78. The summed E-state index contributed by atoms with van der Waals surface area (Å²) in [4.78, 5) is 12.1. The molecule has 0 amide bonds. The summed E-state index contributed by atoms with van der Waals surface area (Å²) in [5, 5.41) is 10.0. The third-order valence-electron chi connectivity index (χ3n) is 4.03. The maximum Gasteiger partial charge on any atom is 0.349 e. The minimum Gasteiger partial charge on any atom is -0.482 e. The molecule has 0 heterocycles. The van der Waals surface area contributed by atoms with Gasteiger partial charge in [0.2, 0.25) is 0 Å². The van der Waals surface area contributed by atoms with E-state index in [1.165, 1.54) is 0 Å². The summed E-state index contributed by atoms with van der Waals surface area (Å²) < 4.78 is 10.8. The molecule has 0 saturated heterocycles. The molecule has 3 rings (SSSR count). The first kappa shape index (κ1) is 20.2. The van der Waals surface area contributed by atoms with E-state index in [2.05, 4.69) is 6.07 Å². The van der Waals surface area contributed by atoms with Crippen molar-refractivity contribution in [1.29, 1.82) is 5.26 Å². The Hall–Kier alpha value is -3.55. The molecule has 4 nitrogen and oxygen atoms in total. The third kappa shape index (κ3) is 5.97. The normalized spacial score (nSPS) is 10.9. The topological polar surface area (TPSA) is 59.3 Å². The average Bonchev–Trinajstić information content (AvgIpc) is 2.72. The van der Waals surface area contributed by atoms with Gasteiger partial charge in [-0.1, -0.05) is 53.6 Å². The number of ether oxygens (including phenoxy) is 2. The predicted molar refractivity (Wildman–Crippen MR) is 114 cm³/mol. The second-order valence-electron chi connectivity index (χ2n) is 6.33. The number of carbonyl (C=O) groups excluding carboxylic acids is 1. The van der Waals surface area contributed by atoms with Gasteiger partial charge in [0, 0.05) is 5.02 Å². The summed E-state index contributed by atoms with van der Waals surface area (Å²) in [5.41, 5.74) is 3.01. The number of nitriles is 1. The number of rotatable bonds is 6. The zero-order valence-electron chi connectivity index (χ0n) is 15.8. The fourth-order valence-corrected chi connectivity index (χ4v) is 2.80. The minimum atomic E-state index is -0.512. The quantitative estimate of drug-likeness (QED) is 0.229. The minimum absolute atomic E-state index is 0.199. The van der Waals surface area contributed by atoms with Crippen molar-refractivity contribution in [2.24, 2.45) is 0 Å². The van der Waals surface area contributed by atoms with Crippen molar-refractivity contribution in [3.63, 3.8) is 0 Å². The highest BCUT2D eigenvalue weighted by atomic mass is 35.5. The largest absolute Gasteiger partial charge is 0.482 e. The molecule has 0 fully saturated rings. The van der Waals surface area contributed by atoms with Crippen LogP contribution < -0.4 is 9.47 Å². The van der Waals surface area contributed by atoms with Crippen LogP contribution in [0.3, 0.4) is 0 Å². The second-order valence-corrected chi connectivity index (χ2v) is 6.76. The van der Waals surface area contributed by atoms with Crippen LogP contribution in [0.25, 0.3) is 11.6 Å². The maximum absolute atomic E-state index is 12.1. The Morgan fingerprint density at radius 2 is 1.79 bits per heavy atom. The molecule has 5 heteroatoms. The van der Waals surface area contributed by atoms with Crippen molar-refractivity contribution in [2.45, 2.75) is 6.92 Å². The van der Waals surface area contributed by atoms with Gasteiger partial charge in [-0.2, -0.15) is 5.26 Å². The molecule has 0 saturated carbocycles. The number of aryl methyl sites for hydroxylation is 1. The number of carbonyl (C=O) groups is 1. The van der Waals surface area contributed by atoms with Gasteiger partial charge < -0.3 is 9.47 Å². The smallest absolute Gasteiger partial charge is 0.349 e. The van der Waals surface area contributed by atoms with Crippen LogP contribution in [0.4, 0.5) is 0 Å². The van der Waals surface area contributed by atoms with E-state index in [4.69, 9.17) is 21.1 Å². The number of hydrogen-bond donors (Lipinski definition) is 0. The van der Waals surface area contributed by atoms with Gasteiger partial charge in [-0.3, -0.25) is 0 Å². The Morgan fingerprint density at radius 3 is 2.52 bits per heavy atom. The lowest BCUT2D eigenvalue weighted by Crippen LogP contribution is -2.17.